The number of hydrogen-bond donors (Lipinski definition) is 2. The molecule has 0 heterocycles. The first-order valence-electron chi connectivity index (χ1n) is 6.54. The van der Waals surface area contributed by atoms with Crippen molar-refractivity contribution in [2.24, 2.45) is 17.2 Å². The summed E-state index contributed by atoms with van der Waals surface area (Å²) in [6, 6.07) is 0.527. The minimum absolute atomic E-state index is 0.464. The molecule has 0 amide bonds. The molecule has 1 aliphatic carbocycles. The van der Waals surface area contributed by atoms with E-state index >= 15 is 0 Å². The number of nitrogens with two attached hydrogens (primary N) is 1. The molecule has 0 saturated heterocycles. The Kier molecular flexibility index (Phi) is 5.07. The average Bonchev–Trinajstić information content (AvgIpc) is 2.60. The fourth-order valence-corrected chi connectivity index (χ4v) is 2.89. The van der Waals surface area contributed by atoms with Crippen molar-refractivity contribution in [3.05, 3.63) is 0 Å². The molecule has 0 aromatic heterocycles. The summed E-state index contributed by atoms with van der Waals surface area (Å²) in [5.41, 5.74) is 3.52. The topological polar surface area (TPSA) is 38.0 Å². The standard InChI is InChI=1S/C13H28N2/c1-11(2)7-6-8-12(15-14)13(3)9-4-5-10-13/h11-12,15H,4-10,14H2,1-3H3. The third-order valence-electron chi connectivity index (χ3n) is 4.06. The Morgan fingerprint density at radius 3 is 2.27 bits per heavy atom. The van der Waals surface area contributed by atoms with E-state index in [-0.39, 0.29) is 0 Å². The molecule has 1 aliphatic rings. The number of hydrogen-bond acceptors (Lipinski definition) is 2. The Hall–Kier alpha value is -0.0800. The summed E-state index contributed by atoms with van der Waals surface area (Å²) >= 11 is 0. The molecule has 2 heteroatoms. The van der Waals surface area contributed by atoms with Crippen LogP contribution in [0.5, 0.6) is 0 Å². The van der Waals surface area contributed by atoms with Crippen LogP contribution in [0.1, 0.15) is 65.7 Å². The molecule has 90 valence electrons. The lowest BCUT2D eigenvalue weighted by Crippen LogP contribution is -2.45. The summed E-state index contributed by atoms with van der Waals surface area (Å²) in [6.45, 7) is 6.99. The molecule has 1 saturated carbocycles. The normalized spacial score (nSPS) is 22.2. The molecule has 1 unspecified atom stereocenters. The van der Waals surface area contributed by atoms with Crippen LogP contribution in [0.15, 0.2) is 0 Å². The maximum Gasteiger partial charge on any atom is 0.0264 e. The average molecular weight is 212 g/mol. The Bertz CT molecular complexity index is 171. The van der Waals surface area contributed by atoms with Crippen LogP contribution in [0.3, 0.4) is 0 Å². The van der Waals surface area contributed by atoms with E-state index in [0.717, 1.165) is 5.92 Å². The molecule has 0 aliphatic heterocycles. The lowest BCUT2D eigenvalue weighted by Gasteiger charge is -2.33. The third kappa shape index (κ3) is 3.76. The van der Waals surface area contributed by atoms with Gasteiger partial charge in [0.1, 0.15) is 0 Å². The predicted molar refractivity (Wildman–Crippen MR) is 66.4 cm³/mol. The Labute approximate surface area is 95.0 Å². The van der Waals surface area contributed by atoms with E-state index in [1.807, 2.05) is 0 Å². The zero-order valence-electron chi connectivity index (χ0n) is 10.7. The van der Waals surface area contributed by atoms with E-state index in [0.29, 0.717) is 11.5 Å². The largest absolute Gasteiger partial charge is 0.271 e. The molecule has 15 heavy (non-hydrogen) atoms. The van der Waals surface area contributed by atoms with E-state index in [1.54, 1.807) is 0 Å². The van der Waals surface area contributed by atoms with Crippen molar-refractivity contribution in [3.8, 4) is 0 Å². The first-order chi connectivity index (χ1) is 7.08. The van der Waals surface area contributed by atoms with Crippen LogP contribution in [0.2, 0.25) is 0 Å². The second-order valence-electron chi connectivity index (χ2n) is 5.91. The van der Waals surface area contributed by atoms with Crippen molar-refractivity contribution in [1.82, 2.24) is 5.43 Å². The van der Waals surface area contributed by atoms with Gasteiger partial charge >= 0.3 is 0 Å². The van der Waals surface area contributed by atoms with Gasteiger partial charge in [-0.15, -0.1) is 0 Å². The monoisotopic (exact) mass is 212 g/mol. The van der Waals surface area contributed by atoms with Gasteiger partial charge in [-0.25, -0.2) is 0 Å². The molecule has 0 aromatic rings. The van der Waals surface area contributed by atoms with E-state index in [4.69, 9.17) is 5.84 Å². The number of nitrogens with one attached hydrogen (secondary N) is 1. The smallest absolute Gasteiger partial charge is 0.0264 e. The zero-order chi connectivity index (χ0) is 11.3. The predicted octanol–water partition coefficient (Wildman–Crippen LogP) is 3.22. The van der Waals surface area contributed by atoms with Gasteiger partial charge in [0.05, 0.1) is 0 Å². The van der Waals surface area contributed by atoms with Gasteiger partial charge in [0.2, 0.25) is 0 Å². The van der Waals surface area contributed by atoms with Crippen LogP contribution in [-0.4, -0.2) is 6.04 Å². The van der Waals surface area contributed by atoms with Crippen LogP contribution < -0.4 is 11.3 Å². The van der Waals surface area contributed by atoms with E-state index in [9.17, 15) is 0 Å². The molecular formula is C13H28N2. The summed E-state index contributed by atoms with van der Waals surface area (Å²) in [7, 11) is 0. The van der Waals surface area contributed by atoms with Gasteiger partial charge in [0, 0.05) is 6.04 Å². The quantitative estimate of drug-likeness (QED) is 0.524. The maximum absolute atomic E-state index is 5.70. The molecule has 1 fully saturated rings. The lowest BCUT2D eigenvalue weighted by molar-refractivity contribution is 0.205. The van der Waals surface area contributed by atoms with Crippen LogP contribution in [-0.2, 0) is 0 Å². The summed E-state index contributed by atoms with van der Waals surface area (Å²) < 4.78 is 0. The summed E-state index contributed by atoms with van der Waals surface area (Å²) in [5.74, 6) is 6.52. The maximum atomic E-state index is 5.70. The Morgan fingerprint density at radius 2 is 1.80 bits per heavy atom. The molecule has 2 nitrogen and oxygen atoms in total. The van der Waals surface area contributed by atoms with Crippen LogP contribution in [0, 0.1) is 11.3 Å². The number of hydrazine groups is 1. The summed E-state index contributed by atoms with van der Waals surface area (Å²) in [5, 5.41) is 0. The van der Waals surface area contributed by atoms with Crippen LogP contribution >= 0.6 is 0 Å². The van der Waals surface area contributed by atoms with Crippen molar-refractivity contribution >= 4 is 0 Å². The highest BCUT2D eigenvalue weighted by Gasteiger charge is 2.35. The zero-order valence-corrected chi connectivity index (χ0v) is 10.7. The molecule has 1 rings (SSSR count). The second kappa shape index (κ2) is 5.86. The van der Waals surface area contributed by atoms with Gasteiger partial charge in [-0.1, -0.05) is 46.5 Å². The minimum Gasteiger partial charge on any atom is -0.271 e. The van der Waals surface area contributed by atoms with Gasteiger partial charge in [0.25, 0.3) is 0 Å². The van der Waals surface area contributed by atoms with Crippen molar-refractivity contribution in [1.29, 1.82) is 0 Å². The van der Waals surface area contributed by atoms with Crippen LogP contribution in [0.4, 0.5) is 0 Å². The Morgan fingerprint density at radius 1 is 1.20 bits per heavy atom. The van der Waals surface area contributed by atoms with E-state index in [2.05, 4.69) is 26.2 Å². The first-order valence-corrected chi connectivity index (χ1v) is 6.54. The molecule has 3 N–H and O–H groups in total. The summed E-state index contributed by atoms with van der Waals surface area (Å²) in [4.78, 5) is 0. The van der Waals surface area contributed by atoms with Gasteiger partial charge in [-0.2, -0.15) is 0 Å². The molecular weight excluding hydrogens is 184 g/mol. The lowest BCUT2D eigenvalue weighted by atomic mass is 9.78. The fourth-order valence-electron chi connectivity index (χ4n) is 2.89. The number of rotatable bonds is 6. The SMILES string of the molecule is CC(C)CCCC(NN)C1(C)CCCC1. The van der Waals surface area contributed by atoms with Crippen molar-refractivity contribution in [2.75, 3.05) is 0 Å². The fraction of sp³-hybridized carbons (Fsp3) is 1.00. The van der Waals surface area contributed by atoms with E-state index in [1.165, 1.54) is 44.9 Å². The highest BCUT2D eigenvalue weighted by atomic mass is 15.2. The summed E-state index contributed by atoms with van der Waals surface area (Å²) in [6.07, 6.45) is 9.35. The van der Waals surface area contributed by atoms with Gasteiger partial charge in [-0.3, -0.25) is 11.3 Å². The Balaban J connectivity index is 2.34. The third-order valence-corrected chi connectivity index (χ3v) is 4.06. The van der Waals surface area contributed by atoms with Crippen molar-refractivity contribution in [2.45, 2.75) is 71.8 Å². The minimum atomic E-state index is 0.464. The van der Waals surface area contributed by atoms with Crippen molar-refractivity contribution in [3.63, 3.8) is 0 Å². The van der Waals surface area contributed by atoms with Gasteiger partial charge in [-0.05, 0) is 30.6 Å². The highest BCUT2D eigenvalue weighted by molar-refractivity contribution is 4.90. The second-order valence-corrected chi connectivity index (χ2v) is 5.91. The molecule has 1 atom stereocenters. The molecule has 0 aromatic carbocycles. The molecule has 0 bridgehead atoms. The van der Waals surface area contributed by atoms with Gasteiger partial charge < -0.3 is 0 Å². The van der Waals surface area contributed by atoms with E-state index < -0.39 is 0 Å². The highest BCUT2D eigenvalue weighted by Crippen LogP contribution is 2.41. The van der Waals surface area contributed by atoms with Gasteiger partial charge in [0.15, 0.2) is 0 Å². The van der Waals surface area contributed by atoms with Crippen molar-refractivity contribution < 1.29 is 0 Å². The molecule has 0 radical (unpaired) electrons. The molecule has 0 spiro atoms. The first kappa shape index (κ1) is 13.0. The van der Waals surface area contributed by atoms with Crippen LogP contribution in [0.25, 0.3) is 0 Å².